The molecule has 0 saturated carbocycles. The predicted molar refractivity (Wildman–Crippen MR) is 330 cm³/mol. The van der Waals surface area contributed by atoms with Crippen molar-refractivity contribution in [3.63, 3.8) is 0 Å². The van der Waals surface area contributed by atoms with Gasteiger partial charge in [-0.2, -0.15) is 0 Å². The van der Waals surface area contributed by atoms with Crippen LogP contribution >= 0.6 is 0 Å². The molecule has 0 N–H and O–H groups in total. The van der Waals surface area contributed by atoms with Gasteiger partial charge in [0.2, 0.25) is 11.8 Å². The monoisotopic (exact) mass is 1040 g/mol. The summed E-state index contributed by atoms with van der Waals surface area (Å²) in [7, 11) is 0. The average molecular weight is 1040 g/mol. The molecule has 0 radical (unpaired) electrons. The van der Waals surface area contributed by atoms with E-state index in [0.717, 1.165) is 89.7 Å². The van der Waals surface area contributed by atoms with Gasteiger partial charge in [-0.15, -0.1) is 0 Å². The fraction of sp³-hybridized carbons (Fsp3) is 0.0133. The minimum absolute atomic E-state index is 0.586. The molecule has 6 nitrogen and oxygen atoms in total. The second kappa shape index (κ2) is 19.9. The highest BCUT2D eigenvalue weighted by molar-refractivity contribution is 5.95. The lowest BCUT2D eigenvalue weighted by Gasteiger charge is -2.36. The molecule has 1 aliphatic rings. The fourth-order valence-corrected chi connectivity index (χ4v) is 12.2. The standard InChI is InChI=1S/C75H50N4O2/c1-5-21-51(22-6-1)61-29-13-17-33-69(61)78(57-41-37-53(38-42-57)73-76-67-31-15-19-35-71(67)80-73)59-45-47-63-64-48-46-60(50-66(64)75(65(63)49-59,55-25-9-3-10-26-55)56-27-11-4-12-28-56)79(70-34-18-14-30-62(70)52-23-7-2-8-24-52)58-43-39-54(40-44-58)74-77-68-32-16-20-36-72(68)81-74/h1-50H. The zero-order valence-electron chi connectivity index (χ0n) is 44.0. The fourth-order valence-electron chi connectivity index (χ4n) is 12.2. The molecule has 382 valence electrons. The number of benzene rings is 12. The normalized spacial score (nSPS) is 12.3. The van der Waals surface area contributed by atoms with Crippen molar-refractivity contribution in [1.29, 1.82) is 0 Å². The van der Waals surface area contributed by atoms with Crippen molar-refractivity contribution in [2.24, 2.45) is 0 Å². The van der Waals surface area contributed by atoms with E-state index < -0.39 is 5.41 Å². The molecule has 12 aromatic carbocycles. The third-order valence-corrected chi connectivity index (χ3v) is 15.8. The molecule has 2 aromatic heterocycles. The van der Waals surface area contributed by atoms with Crippen molar-refractivity contribution >= 4 is 56.3 Å². The Morgan fingerprint density at radius 1 is 0.272 bits per heavy atom. The summed E-state index contributed by atoms with van der Waals surface area (Å²) in [6, 6.07) is 108. The summed E-state index contributed by atoms with van der Waals surface area (Å²) in [5.74, 6) is 1.17. The Morgan fingerprint density at radius 2 is 0.617 bits per heavy atom. The largest absolute Gasteiger partial charge is 0.436 e. The molecule has 0 spiro atoms. The van der Waals surface area contributed by atoms with Crippen molar-refractivity contribution < 1.29 is 8.83 Å². The quantitative estimate of drug-likeness (QED) is 0.122. The molecule has 0 amide bonds. The van der Waals surface area contributed by atoms with Crippen LogP contribution in [-0.4, -0.2) is 9.97 Å². The maximum absolute atomic E-state index is 6.29. The van der Waals surface area contributed by atoms with Crippen molar-refractivity contribution in [1.82, 2.24) is 9.97 Å². The summed E-state index contributed by atoms with van der Waals surface area (Å²) in [5, 5.41) is 0. The summed E-state index contributed by atoms with van der Waals surface area (Å²) >= 11 is 0. The van der Waals surface area contributed by atoms with Crippen LogP contribution in [0.2, 0.25) is 0 Å². The first-order valence-electron chi connectivity index (χ1n) is 27.4. The number of rotatable bonds is 12. The van der Waals surface area contributed by atoms with Crippen LogP contribution in [-0.2, 0) is 5.41 Å². The maximum atomic E-state index is 6.29. The van der Waals surface area contributed by atoms with E-state index in [1.54, 1.807) is 0 Å². The molecule has 2 heterocycles. The molecule has 0 aliphatic heterocycles. The molecule has 0 atom stereocenters. The minimum Gasteiger partial charge on any atom is -0.436 e. The van der Waals surface area contributed by atoms with E-state index in [4.69, 9.17) is 18.8 Å². The average Bonchev–Trinajstić information content (AvgIpc) is 4.44. The van der Waals surface area contributed by atoms with Gasteiger partial charge >= 0.3 is 0 Å². The number of para-hydroxylation sites is 6. The number of fused-ring (bicyclic) bond motifs is 5. The van der Waals surface area contributed by atoms with E-state index in [1.165, 1.54) is 33.4 Å². The van der Waals surface area contributed by atoms with E-state index in [9.17, 15) is 0 Å². The number of hydrogen-bond donors (Lipinski definition) is 0. The molecule has 14 aromatic rings. The predicted octanol–water partition coefficient (Wildman–Crippen LogP) is 19.9. The first-order valence-corrected chi connectivity index (χ1v) is 27.4. The highest BCUT2D eigenvalue weighted by atomic mass is 16.4. The molecule has 1 aliphatic carbocycles. The number of oxazole rings is 2. The maximum Gasteiger partial charge on any atom is 0.227 e. The molecule has 15 rings (SSSR count). The van der Waals surface area contributed by atoms with Gasteiger partial charge in [-0.3, -0.25) is 0 Å². The Bertz CT molecular complexity index is 4210. The zero-order chi connectivity index (χ0) is 53.7. The van der Waals surface area contributed by atoms with Crippen LogP contribution in [0.15, 0.2) is 312 Å². The number of anilines is 6. The molecule has 6 heteroatoms. The first kappa shape index (κ1) is 47.4. The summed E-state index contributed by atoms with van der Waals surface area (Å²) in [5.41, 5.74) is 21.9. The Kier molecular flexibility index (Phi) is 11.6. The van der Waals surface area contributed by atoms with Crippen LogP contribution in [0.1, 0.15) is 22.3 Å². The van der Waals surface area contributed by atoms with Crippen LogP contribution in [0.5, 0.6) is 0 Å². The summed E-state index contributed by atoms with van der Waals surface area (Å²) in [4.78, 5) is 14.5. The molecular weight excluding hydrogens is 989 g/mol. The Labute approximate surface area is 469 Å². The number of hydrogen-bond acceptors (Lipinski definition) is 6. The zero-order valence-corrected chi connectivity index (χ0v) is 44.0. The van der Waals surface area contributed by atoms with E-state index in [-0.39, 0.29) is 0 Å². The van der Waals surface area contributed by atoms with Crippen molar-refractivity contribution in [3.05, 3.63) is 326 Å². The lowest BCUT2D eigenvalue weighted by Crippen LogP contribution is -2.29. The van der Waals surface area contributed by atoms with Crippen LogP contribution in [0, 0.1) is 0 Å². The number of nitrogens with zero attached hydrogens (tertiary/aromatic N) is 4. The Hall–Kier alpha value is -10.8. The van der Waals surface area contributed by atoms with Crippen molar-refractivity contribution in [3.8, 4) is 56.3 Å². The Morgan fingerprint density at radius 3 is 1.02 bits per heavy atom. The SMILES string of the molecule is c1ccc(-c2ccccc2N(c2ccc(-c3nc4ccccc4o3)cc2)c2ccc3c(c2)C(c2ccccc2)(c2ccccc2)c2cc(N(c4ccc(-c5nc6ccccc6o5)cc4)c4ccccc4-c4ccccc4)ccc2-3)cc1. The third kappa shape index (κ3) is 8.20. The van der Waals surface area contributed by atoms with Crippen LogP contribution in [0.4, 0.5) is 34.1 Å². The van der Waals surface area contributed by atoms with Gasteiger partial charge in [0.15, 0.2) is 11.2 Å². The smallest absolute Gasteiger partial charge is 0.227 e. The summed E-state index contributed by atoms with van der Waals surface area (Å²) in [6.07, 6.45) is 0. The lowest BCUT2D eigenvalue weighted by atomic mass is 9.67. The minimum atomic E-state index is -0.762. The first-order chi connectivity index (χ1) is 40.2. The van der Waals surface area contributed by atoms with E-state index in [0.29, 0.717) is 11.8 Å². The van der Waals surface area contributed by atoms with Crippen molar-refractivity contribution in [2.45, 2.75) is 5.41 Å². The summed E-state index contributed by atoms with van der Waals surface area (Å²) in [6.45, 7) is 0. The van der Waals surface area contributed by atoms with E-state index in [2.05, 4.69) is 265 Å². The molecule has 0 saturated heterocycles. The molecular formula is C75H50N4O2. The van der Waals surface area contributed by atoms with Crippen molar-refractivity contribution in [2.75, 3.05) is 9.80 Å². The van der Waals surface area contributed by atoms with Crippen LogP contribution in [0.3, 0.4) is 0 Å². The van der Waals surface area contributed by atoms with Gasteiger partial charge in [0.1, 0.15) is 11.0 Å². The van der Waals surface area contributed by atoms with Gasteiger partial charge in [-0.1, -0.05) is 194 Å². The van der Waals surface area contributed by atoms with Crippen LogP contribution < -0.4 is 9.80 Å². The van der Waals surface area contributed by atoms with Gasteiger partial charge in [-0.05, 0) is 154 Å². The second-order valence-electron chi connectivity index (χ2n) is 20.4. The number of aromatic nitrogens is 2. The highest BCUT2D eigenvalue weighted by Crippen LogP contribution is 2.59. The molecule has 81 heavy (non-hydrogen) atoms. The lowest BCUT2D eigenvalue weighted by molar-refractivity contribution is 0.619. The summed E-state index contributed by atoms with van der Waals surface area (Å²) < 4.78 is 12.6. The van der Waals surface area contributed by atoms with E-state index in [1.807, 2.05) is 48.5 Å². The molecule has 0 bridgehead atoms. The third-order valence-electron chi connectivity index (χ3n) is 15.8. The van der Waals surface area contributed by atoms with E-state index >= 15 is 0 Å². The second-order valence-corrected chi connectivity index (χ2v) is 20.4. The van der Waals surface area contributed by atoms with Gasteiger partial charge in [-0.25, -0.2) is 9.97 Å². The van der Waals surface area contributed by atoms with Gasteiger partial charge < -0.3 is 18.6 Å². The molecule has 0 fully saturated rings. The van der Waals surface area contributed by atoms with Gasteiger partial charge in [0.25, 0.3) is 0 Å². The molecule has 0 unspecified atom stereocenters. The highest BCUT2D eigenvalue weighted by Gasteiger charge is 2.47. The van der Waals surface area contributed by atoms with Gasteiger partial charge in [0.05, 0.1) is 16.8 Å². The Balaban J connectivity index is 0.939. The topological polar surface area (TPSA) is 58.5 Å². The van der Waals surface area contributed by atoms with Crippen LogP contribution in [0.25, 0.3) is 78.5 Å². The van der Waals surface area contributed by atoms with Gasteiger partial charge in [0, 0.05) is 45.0 Å².